The van der Waals surface area contributed by atoms with Gasteiger partial charge in [-0.15, -0.1) is 0 Å². The molecule has 0 unspecified atom stereocenters. The molecule has 3 rings (SSSR count). The fourth-order valence-corrected chi connectivity index (χ4v) is 2.83. The van der Waals surface area contributed by atoms with Gasteiger partial charge in [-0.05, 0) is 12.1 Å². The lowest BCUT2D eigenvalue weighted by Crippen LogP contribution is -2.46. The van der Waals surface area contributed by atoms with Gasteiger partial charge in [0.1, 0.15) is 0 Å². The van der Waals surface area contributed by atoms with E-state index in [0.29, 0.717) is 0 Å². The highest BCUT2D eigenvalue weighted by molar-refractivity contribution is 5.61. The van der Waals surface area contributed by atoms with E-state index in [1.54, 1.807) is 13.3 Å². The molecule has 22 heavy (non-hydrogen) atoms. The zero-order valence-corrected chi connectivity index (χ0v) is 12.8. The van der Waals surface area contributed by atoms with E-state index < -0.39 is 0 Å². The van der Waals surface area contributed by atoms with E-state index in [0.717, 1.165) is 56.0 Å². The fourth-order valence-electron chi connectivity index (χ4n) is 2.83. The summed E-state index contributed by atoms with van der Waals surface area (Å²) in [6.07, 6.45) is 7.32. The second kappa shape index (κ2) is 7.00. The highest BCUT2D eigenvalue weighted by atomic mass is 16.5. The van der Waals surface area contributed by atoms with E-state index >= 15 is 0 Å². The predicted octanol–water partition coefficient (Wildman–Crippen LogP) is 1.76. The molecule has 1 saturated heterocycles. The Morgan fingerprint density at radius 3 is 2.95 bits per heavy atom. The molecule has 0 amide bonds. The molecule has 118 valence electrons. The average Bonchev–Trinajstić information content (AvgIpc) is 3.05. The lowest BCUT2D eigenvalue weighted by molar-refractivity contribution is -0.0877. The Balaban J connectivity index is 1.62. The average molecular weight is 302 g/mol. The van der Waals surface area contributed by atoms with Gasteiger partial charge >= 0.3 is 0 Å². The van der Waals surface area contributed by atoms with Crippen LogP contribution in [0.5, 0.6) is 0 Å². The molecule has 2 N–H and O–H groups in total. The third kappa shape index (κ3) is 3.35. The number of nitrogens with zero attached hydrogens (tertiary/aromatic N) is 2. The van der Waals surface area contributed by atoms with Crippen LogP contribution in [0.1, 0.15) is 18.4 Å². The first-order valence-electron chi connectivity index (χ1n) is 7.59. The number of aromatic amines is 1. The van der Waals surface area contributed by atoms with Crippen LogP contribution in [-0.4, -0.2) is 47.7 Å². The van der Waals surface area contributed by atoms with Crippen LogP contribution in [0.4, 0.5) is 0 Å². The van der Waals surface area contributed by atoms with Crippen LogP contribution in [0.2, 0.25) is 0 Å². The van der Waals surface area contributed by atoms with Crippen molar-refractivity contribution in [3.05, 3.63) is 36.3 Å². The summed E-state index contributed by atoms with van der Waals surface area (Å²) in [6.45, 7) is 3.08. The Morgan fingerprint density at radius 2 is 2.23 bits per heavy atom. The van der Waals surface area contributed by atoms with Gasteiger partial charge < -0.3 is 14.8 Å². The highest BCUT2D eigenvalue weighted by Gasteiger charge is 2.32. The van der Waals surface area contributed by atoms with Gasteiger partial charge in [0.25, 0.3) is 0 Å². The van der Waals surface area contributed by atoms with Crippen LogP contribution in [0, 0.1) is 0 Å². The SMILES string of the molecule is COC1(CNCc2cn[nH]c2-c2cccnc2)CCOCC1. The van der Waals surface area contributed by atoms with Crippen molar-refractivity contribution in [1.82, 2.24) is 20.5 Å². The Kier molecular flexibility index (Phi) is 4.82. The minimum absolute atomic E-state index is 0.115. The first-order chi connectivity index (χ1) is 10.8. The summed E-state index contributed by atoms with van der Waals surface area (Å²) in [5.41, 5.74) is 3.07. The number of H-pyrrole nitrogens is 1. The highest BCUT2D eigenvalue weighted by Crippen LogP contribution is 2.24. The van der Waals surface area contributed by atoms with E-state index in [2.05, 4.69) is 20.5 Å². The minimum atomic E-state index is -0.115. The quantitative estimate of drug-likeness (QED) is 0.850. The van der Waals surface area contributed by atoms with Crippen molar-refractivity contribution in [2.45, 2.75) is 25.0 Å². The predicted molar refractivity (Wildman–Crippen MR) is 83.3 cm³/mol. The summed E-state index contributed by atoms with van der Waals surface area (Å²) < 4.78 is 11.2. The van der Waals surface area contributed by atoms with E-state index in [-0.39, 0.29) is 5.60 Å². The van der Waals surface area contributed by atoms with Crippen molar-refractivity contribution >= 4 is 0 Å². The number of aromatic nitrogens is 3. The lowest BCUT2D eigenvalue weighted by Gasteiger charge is -2.36. The monoisotopic (exact) mass is 302 g/mol. The van der Waals surface area contributed by atoms with Crippen LogP contribution in [-0.2, 0) is 16.0 Å². The Hall–Kier alpha value is -1.76. The molecule has 0 bridgehead atoms. The molecule has 1 fully saturated rings. The van der Waals surface area contributed by atoms with Crippen molar-refractivity contribution in [2.24, 2.45) is 0 Å². The topological polar surface area (TPSA) is 72.1 Å². The molecule has 1 aliphatic rings. The third-order valence-electron chi connectivity index (χ3n) is 4.27. The van der Waals surface area contributed by atoms with Crippen molar-refractivity contribution in [3.63, 3.8) is 0 Å². The Morgan fingerprint density at radius 1 is 1.36 bits per heavy atom. The Bertz CT molecular complexity index is 579. The molecule has 0 spiro atoms. The number of rotatable bonds is 6. The molecule has 1 aliphatic heterocycles. The van der Waals surface area contributed by atoms with Crippen LogP contribution < -0.4 is 5.32 Å². The number of hydrogen-bond donors (Lipinski definition) is 2. The molecule has 6 heteroatoms. The minimum Gasteiger partial charge on any atom is -0.381 e. The lowest BCUT2D eigenvalue weighted by atomic mass is 9.94. The zero-order chi connectivity index (χ0) is 15.3. The molecule has 3 heterocycles. The molecule has 0 atom stereocenters. The van der Waals surface area contributed by atoms with Crippen molar-refractivity contribution in [2.75, 3.05) is 26.9 Å². The number of pyridine rings is 1. The summed E-state index contributed by atoms with van der Waals surface area (Å²) in [5.74, 6) is 0. The normalized spacial score (nSPS) is 17.5. The molecule has 0 radical (unpaired) electrons. The number of methoxy groups -OCH3 is 1. The summed E-state index contributed by atoms with van der Waals surface area (Å²) in [5, 5.41) is 10.7. The standard InChI is InChI=1S/C16H22N4O2/c1-21-16(4-7-22-8-5-16)12-18-10-14-11-19-20-15(14)13-3-2-6-17-9-13/h2-3,6,9,11,18H,4-5,7-8,10,12H2,1H3,(H,19,20). The molecule has 0 aliphatic carbocycles. The summed E-state index contributed by atoms with van der Waals surface area (Å²) >= 11 is 0. The van der Waals surface area contributed by atoms with Crippen LogP contribution >= 0.6 is 0 Å². The van der Waals surface area contributed by atoms with Gasteiger partial charge in [0.2, 0.25) is 0 Å². The summed E-state index contributed by atoms with van der Waals surface area (Å²) in [4.78, 5) is 4.16. The first kappa shape index (κ1) is 15.1. The van der Waals surface area contributed by atoms with Crippen LogP contribution in [0.3, 0.4) is 0 Å². The van der Waals surface area contributed by atoms with Gasteiger partial charge in [0.15, 0.2) is 0 Å². The van der Waals surface area contributed by atoms with Gasteiger partial charge in [0, 0.05) is 69.8 Å². The second-order valence-corrected chi connectivity index (χ2v) is 5.62. The maximum atomic E-state index is 5.74. The van der Waals surface area contributed by atoms with Gasteiger partial charge in [-0.2, -0.15) is 5.10 Å². The van der Waals surface area contributed by atoms with E-state index in [1.165, 1.54) is 0 Å². The van der Waals surface area contributed by atoms with Crippen LogP contribution in [0.25, 0.3) is 11.3 Å². The molecular weight excluding hydrogens is 280 g/mol. The third-order valence-corrected chi connectivity index (χ3v) is 4.27. The van der Waals surface area contributed by atoms with E-state index in [1.807, 2.05) is 24.5 Å². The largest absolute Gasteiger partial charge is 0.381 e. The van der Waals surface area contributed by atoms with Crippen molar-refractivity contribution in [3.8, 4) is 11.3 Å². The number of ether oxygens (including phenoxy) is 2. The zero-order valence-electron chi connectivity index (χ0n) is 12.8. The van der Waals surface area contributed by atoms with E-state index in [9.17, 15) is 0 Å². The van der Waals surface area contributed by atoms with Gasteiger partial charge in [-0.25, -0.2) is 0 Å². The van der Waals surface area contributed by atoms with Crippen LogP contribution in [0.15, 0.2) is 30.7 Å². The Labute approximate surface area is 130 Å². The van der Waals surface area contributed by atoms with Gasteiger partial charge in [-0.3, -0.25) is 10.1 Å². The smallest absolute Gasteiger partial charge is 0.0846 e. The maximum Gasteiger partial charge on any atom is 0.0846 e. The number of hydrogen-bond acceptors (Lipinski definition) is 5. The van der Waals surface area contributed by atoms with Crippen molar-refractivity contribution in [1.29, 1.82) is 0 Å². The summed E-state index contributed by atoms with van der Waals surface area (Å²) in [7, 11) is 1.78. The van der Waals surface area contributed by atoms with Crippen molar-refractivity contribution < 1.29 is 9.47 Å². The number of nitrogens with one attached hydrogen (secondary N) is 2. The fraction of sp³-hybridized carbons (Fsp3) is 0.500. The molecule has 0 aromatic carbocycles. The molecular formula is C16H22N4O2. The van der Waals surface area contributed by atoms with Gasteiger partial charge in [0.05, 0.1) is 17.5 Å². The molecule has 6 nitrogen and oxygen atoms in total. The summed E-state index contributed by atoms with van der Waals surface area (Å²) in [6, 6.07) is 3.95. The van der Waals surface area contributed by atoms with Gasteiger partial charge in [-0.1, -0.05) is 0 Å². The molecule has 2 aromatic heterocycles. The first-order valence-corrected chi connectivity index (χ1v) is 7.59. The molecule has 0 saturated carbocycles. The second-order valence-electron chi connectivity index (χ2n) is 5.62. The molecule has 2 aromatic rings. The van der Waals surface area contributed by atoms with E-state index in [4.69, 9.17) is 9.47 Å². The maximum absolute atomic E-state index is 5.74.